The normalized spacial score (nSPS) is 16.1. The van der Waals surface area contributed by atoms with Crippen LogP contribution in [0.1, 0.15) is 39.0 Å². The highest BCUT2D eigenvalue weighted by Gasteiger charge is 2.12. The van der Waals surface area contributed by atoms with Gasteiger partial charge in [0, 0.05) is 6.42 Å². The number of unbranched alkanes of at least 4 members (excludes halogenated alkanes) is 3. The molecule has 3 nitrogen and oxygen atoms in total. The molecule has 0 fully saturated rings. The van der Waals surface area contributed by atoms with Gasteiger partial charge in [-0.05, 0) is 12.5 Å². The summed E-state index contributed by atoms with van der Waals surface area (Å²) in [7, 11) is 0. The first kappa shape index (κ1) is 10.1. The molecule has 74 valence electrons. The van der Waals surface area contributed by atoms with Crippen LogP contribution in [-0.2, 0) is 9.47 Å². The van der Waals surface area contributed by atoms with Crippen molar-refractivity contribution in [1.82, 2.24) is 0 Å². The van der Waals surface area contributed by atoms with Crippen molar-refractivity contribution in [2.45, 2.75) is 39.0 Å². The molecule has 0 radical (unpaired) electrons. The van der Waals surface area contributed by atoms with Gasteiger partial charge in [0.05, 0.1) is 0 Å². The van der Waals surface area contributed by atoms with Gasteiger partial charge in [-0.25, -0.2) is 4.79 Å². The van der Waals surface area contributed by atoms with Crippen LogP contribution in [0, 0.1) is 0 Å². The first-order valence-electron chi connectivity index (χ1n) is 4.86. The average molecular weight is 184 g/mol. The van der Waals surface area contributed by atoms with E-state index in [9.17, 15) is 4.79 Å². The van der Waals surface area contributed by atoms with Crippen LogP contribution in [-0.4, -0.2) is 12.8 Å². The summed E-state index contributed by atoms with van der Waals surface area (Å²) in [6.07, 6.45) is 6.88. The van der Waals surface area contributed by atoms with E-state index in [2.05, 4.69) is 11.7 Å². The Kier molecular flexibility index (Phi) is 4.36. The van der Waals surface area contributed by atoms with Gasteiger partial charge in [-0.1, -0.05) is 26.2 Å². The molecule has 0 bridgehead atoms. The lowest BCUT2D eigenvalue weighted by Gasteiger charge is -2.12. The molecule has 0 saturated carbocycles. The molecule has 0 saturated heterocycles. The molecule has 0 amide bonds. The standard InChI is InChI=1S/C10H16O3/c1-2-3-4-5-6-9-7-8-12-10(11)13-9/h7H,2-6,8H2,1H3. The molecular weight excluding hydrogens is 168 g/mol. The highest BCUT2D eigenvalue weighted by atomic mass is 16.7. The summed E-state index contributed by atoms with van der Waals surface area (Å²) in [4.78, 5) is 10.7. The topological polar surface area (TPSA) is 35.5 Å². The molecular formula is C10H16O3. The number of hydrogen-bond acceptors (Lipinski definition) is 3. The van der Waals surface area contributed by atoms with E-state index in [0.717, 1.165) is 18.6 Å². The Morgan fingerprint density at radius 1 is 1.38 bits per heavy atom. The van der Waals surface area contributed by atoms with Crippen molar-refractivity contribution < 1.29 is 14.3 Å². The van der Waals surface area contributed by atoms with Crippen LogP contribution in [0.25, 0.3) is 0 Å². The third-order valence-electron chi connectivity index (χ3n) is 2.00. The fourth-order valence-corrected chi connectivity index (χ4v) is 1.26. The van der Waals surface area contributed by atoms with Gasteiger partial charge in [0.1, 0.15) is 12.4 Å². The number of rotatable bonds is 5. The lowest BCUT2D eigenvalue weighted by Crippen LogP contribution is -2.13. The van der Waals surface area contributed by atoms with E-state index >= 15 is 0 Å². The molecule has 1 rings (SSSR count). The molecule has 0 unspecified atom stereocenters. The molecule has 0 atom stereocenters. The van der Waals surface area contributed by atoms with Gasteiger partial charge in [0.2, 0.25) is 0 Å². The Hall–Kier alpha value is -0.990. The zero-order valence-electron chi connectivity index (χ0n) is 8.04. The zero-order chi connectivity index (χ0) is 9.52. The van der Waals surface area contributed by atoms with Gasteiger partial charge in [-0.15, -0.1) is 0 Å². The predicted molar refractivity (Wildman–Crippen MR) is 49.3 cm³/mol. The molecule has 0 aromatic carbocycles. The summed E-state index contributed by atoms with van der Waals surface area (Å²) in [5.74, 6) is 0.771. The minimum absolute atomic E-state index is 0.363. The fourth-order valence-electron chi connectivity index (χ4n) is 1.26. The van der Waals surface area contributed by atoms with Crippen molar-refractivity contribution in [2.24, 2.45) is 0 Å². The number of carbonyl (C=O) groups is 1. The Bertz CT molecular complexity index is 196. The van der Waals surface area contributed by atoms with Crippen molar-refractivity contribution in [2.75, 3.05) is 6.61 Å². The fraction of sp³-hybridized carbons (Fsp3) is 0.700. The first-order valence-corrected chi connectivity index (χ1v) is 4.86. The van der Waals surface area contributed by atoms with Crippen LogP contribution in [0.15, 0.2) is 11.8 Å². The summed E-state index contributed by atoms with van der Waals surface area (Å²) in [5.41, 5.74) is 0. The summed E-state index contributed by atoms with van der Waals surface area (Å²) in [5, 5.41) is 0. The maximum atomic E-state index is 10.7. The molecule has 1 aliphatic heterocycles. The SMILES string of the molecule is CCCCCCC1=CCOC(=O)O1. The van der Waals surface area contributed by atoms with E-state index in [1.807, 2.05) is 6.08 Å². The maximum absolute atomic E-state index is 10.7. The zero-order valence-corrected chi connectivity index (χ0v) is 8.04. The molecule has 1 aliphatic rings. The van der Waals surface area contributed by atoms with E-state index in [4.69, 9.17) is 4.74 Å². The van der Waals surface area contributed by atoms with Gasteiger partial charge < -0.3 is 9.47 Å². The van der Waals surface area contributed by atoms with Crippen molar-refractivity contribution >= 4 is 6.16 Å². The third-order valence-corrected chi connectivity index (χ3v) is 2.00. The third kappa shape index (κ3) is 3.97. The highest BCUT2D eigenvalue weighted by Crippen LogP contribution is 2.14. The molecule has 0 aromatic heterocycles. The smallest absolute Gasteiger partial charge is 0.430 e. The molecule has 3 heteroatoms. The van der Waals surface area contributed by atoms with Crippen LogP contribution >= 0.6 is 0 Å². The van der Waals surface area contributed by atoms with Crippen molar-refractivity contribution in [3.63, 3.8) is 0 Å². The average Bonchev–Trinajstić information content (AvgIpc) is 2.13. The van der Waals surface area contributed by atoms with E-state index in [0.29, 0.717) is 6.61 Å². The number of cyclic esters (lactones) is 2. The van der Waals surface area contributed by atoms with Gasteiger partial charge in [-0.2, -0.15) is 0 Å². The Balaban J connectivity index is 2.13. The lowest BCUT2D eigenvalue weighted by molar-refractivity contribution is 0.0703. The van der Waals surface area contributed by atoms with Crippen LogP contribution in [0.4, 0.5) is 4.79 Å². The minimum Gasteiger partial charge on any atom is -0.430 e. The van der Waals surface area contributed by atoms with E-state index in [1.165, 1.54) is 19.3 Å². The van der Waals surface area contributed by atoms with E-state index in [1.54, 1.807) is 0 Å². The monoisotopic (exact) mass is 184 g/mol. The van der Waals surface area contributed by atoms with Crippen LogP contribution < -0.4 is 0 Å². The largest absolute Gasteiger partial charge is 0.513 e. The van der Waals surface area contributed by atoms with Crippen LogP contribution in [0.2, 0.25) is 0 Å². The van der Waals surface area contributed by atoms with E-state index < -0.39 is 6.16 Å². The summed E-state index contributed by atoms with van der Waals surface area (Å²) >= 11 is 0. The molecule has 1 heterocycles. The summed E-state index contributed by atoms with van der Waals surface area (Å²) in [6.45, 7) is 2.54. The second-order valence-corrected chi connectivity index (χ2v) is 3.14. The molecule has 0 spiro atoms. The molecule has 0 aromatic rings. The number of carbonyl (C=O) groups excluding carboxylic acids is 1. The molecule has 13 heavy (non-hydrogen) atoms. The van der Waals surface area contributed by atoms with Crippen LogP contribution in [0.3, 0.4) is 0 Å². The number of ether oxygens (including phenoxy) is 2. The van der Waals surface area contributed by atoms with Crippen molar-refractivity contribution in [3.8, 4) is 0 Å². The van der Waals surface area contributed by atoms with Gasteiger partial charge in [0.15, 0.2) is 0 Å². The van der Waals surface area contributed by atoms with E-state index in [-0.39, 0.29) is 0 Å². The van der Waals surface area contributed by atoms with Gasteiger partial charge >= 0.3 is 6.16 Å². The second-order valence-electron chi connectivity index (χ2n) is 3.14. The second kappa shape index (κ2) is 5.62. The van der Waals surface area contributed by atoms with Crippen molar-refractivity contribution in [3.05, 3.63) is 11.8 Å². The van der Waals surface area contributed by atoms with Crippen LogP contribution in [0.5, 0.6) is 0 Å². The summed E-state index contributed by atoms with van der Waals surface area (Å²) < 4.78 is 9.46. The first-order chi connectivity index (χ1) is 6.33. The van der Waals surface area contributed by atoms with Gasteiger partial charge in [0.25, 0.3) is 0 Å². The lowest BCUT2D eigenvalue weighted by atomic mass is 10.1. The Labute approximate surface area is 78.7 Å². The quantitative estimate of drug-likeness (QED) is 0.486. The number of allylic oxidation sites excluding steroid dienone is 1. The number of hydrogen-bond donors (Lipinski definition) is 0. The molecule has 0 N–H and O–H groups in total. The van der Waals surface area contributed by atoms with Crippen molar-refractivity contribution in [1.29, 1.82) is 0 Å². The van der Waals surface area contributed by atoms with Gasteiger partial charge in [-0.3, -0.25) is 0 Å². The Morgan fingerprint density at radius 3 is 2.92 bits per heavy atom. The minimum atomic E-state index is -0.562. The maximum Gasteiger partial charge on any atom is 0.513 e. The predicted octanol–water partition coefficient (Wildman–Crippen LogP) is 3.01. The summed E-state index contributed by atoms with van der Waals surface area (Å²) in [6, 6.07) is 0. The molecule has 0 aliphatic carbocycles. The Morgan fingerprint density at radius 2 is 2.23 bits per heavy atom. The highest BCUT2D eigenvalue weighted by molar-refractivity contribution is 5.62.